The molecule has 0 aliphatic heterocycles. The number of benzene rings is 9. The molecule has 0 atom stereocenters. The van der Waals surface area contributed by atoms with Crippen molar-refractivity contribution in [3.63, 3.8) is 0 Å². The van der Waals surface area contributed by atoms with Crippen LogP contribution in [0, 0.1) is 0 Å². The second-order valence-electron chi connectivity index (χ2n) is 14.1. The Morgan fingerprint density at radius 1 is 0.309 bits per heavy atom. The van der Waals surface area contributed by atoms with Crippen molar-refractivity contribution in [2.45, 2.75) is 0 Å². The van der Waals surface area contributed by atoms with E-state index in [1.54, 1.807) is 0 Å². The molecule has 0 bridgehead atoms. The van der Waals surface area contributed by atoms with Crippen molar-refractivity contribution in [3.05, 3.63) is 194 Å². The van der Waals surface area contributed by atoms with E-state index in [0.717, 1.165) is 66.5 Å². The van der Waals surface area contributed by atoms with Crippen molar-refractivity contribution in [1.82, 2.24) is 9.97 Å². The van der Waals surface area contributed by atoms with E-state index in [1.807, 2.05) is 30.3 Å². The fourth-order valence-electron chi connectivity index (χ4n) is 8.33. The van der Waals surface area contributed by atoms with Gasteiger partial charge in [-0.05, 0) is 79.5 Å². The molecule has 3 nitrogen and oxygen atoms in total. The predicted molar refractivity (Wildman–Crippen MR) is 229 cm³/mol. The maximum absolute atomic E-state index is 6.28. The number of fused-ring (bicyclic) bond motifs is 7. The summed E-state index contributed by atoms with van der Waals surface area (Å²) in [4.78, 5) is 10.7. The third-order valence-corrected chi connectivity index (χ3v) is 10.9. The van der Waals surface area contributed by atoms with E-state index in [1.165, 1.54) is 38.1 Å². The SMILES string of the molecule is c1ccc(-c2nc(-c3cccc(-c4ccc5c(c4)oc4ccccc45)c3)cc(-c3c4ccccc4c(-c4ccccc4)c4ccc5ccccc5c34)n2)cc1. The van der Waals surface area contributed by atoms with E-state index < -0.39 is 0 Å². The summed E-state index contributed by atoms with van der Waals surface area (Å²) >= 11 is 0. The van der Waals surface area contributed by atoms with E-state index in [2.05, 4.69) is 164 Å². The Bertz CT molecular complexity index is 3250. The van der Waals surface area contributed by atoms with E-state index in [0.29, 0.717) is 5.82 Å². The Hall–Kier alpha value is -7.36. The first kappa shape index (κ1) is 31.2. The molecule has 2 aromatic heterocycles. The van der Waals surface area contributed by atoms with Crippen LogP contribution < -0.4 is 0 Å². The molecule has 2 heterocycles. The second kappa shape index (κ2) is 12.6. The standard InChI is InChI=1S/C52H32N2O/c1-3-15-34(16-4-1)49-42-23-9-10-24-43(42)51(50-39-21-8-7-14-33(39)26-29-44(49)50)46-32-45(53-52(54-46)35-17-5-2-6-18-35)38-20-13-19-36(30-38)37-27-28-41-40-22-11-12-25-47(40)55-48(41)31-37/h1-32H. The molecule has 0 saturated carbocycles. The van der Waals surface area contributed by atoms with Gasteiger partial charge in [-0.25, -0.2) is 9.97 Å². The van der Waals surface area contributed by atoms with Crippen molar-refractivity contribution in [3.8, 4) is 56.2 Å². The zero-order valence-corrected chi connectivity index (χ0v) is 29.8. The first-order chi connectivity index (χ1) is 27.3. The van der Waals surface area contributed by atoms with Gasteiger partial charge in [0.2, 0.25) is 0 Å². The number of rotatable bonds is 5. The van der Waals surface area contributed by atoms with Gasteiger partial charge in [-0.1, -0.05) is 164 Å². The molecule has 0 spiro atoms. The van der Waals surface area contributed by atoms with Crippen LogP contribution in [0.4, 0.5) is 0 Å². The normalized spacial score (nSPS) is 11.6. The van der Waals surface area contributed by atoms with Crippen molar-refractivity contribution >= 4 is 54.3 Å². The van der Waals surface area contributed by atoms with Gasteiger partial charge in [0.15, 0.2) is 5.82 Å². The van der Waals surface area contributed by atoms with Crippen molar-refractivity contribution < 1.29 is 4.42 Å². The maximum atomic E-state index is 6.28. The number of nitrogens with zero attached hydrogens (tertiary/aromatic N) is 2. The predicted octanol–water partition coefficient (Wildman–Crippen LogP) is 14.2. The quantitative estimate of drug-likeness (QED) is 0.133. The third kappa shape index (κ3) is 5.20. The molecule has 0 aliphatic rings. The molecule has 0 fully saturated rings. The van der Waals surface area contributed by atoms with Gasteiger partial charge in [-0.2, -0.15) is 0 Å². The average molecular weight is 701 g/mol. The number of aromatic nitrogens is 2. The fraction of sp³-hybridized carbons (Fsp3) is 0. The van der Waals surface area contributed by atoms with Crippen LogP contribution in [0.3, 0.4) is 0 Å². The summed E-state index contributed by atoms with van der Waals surface area (Å²) in [6.45, 7) is 0. The fourth-order valence-corrected chi connectivity index (χ4v) is 8.33. The largest absolute Gasteiger partial charge is 0.456 e. The molecule has 0 saturated heterocycles. The Kier molecular flexibility index (Phi) is 7.17. The monoisotopic (exact) mass is 700 g/mol. The lowest BCUT2D eigenvalue weighted by Gasteiger charge is -2.19. The third-order valence-electron chi connectivity index (χ3n) is 10.9. The summed E-state index contributed by atoms with van der Waals surface area (Å²) in [5.74, 6) is 0.687. The van der Waals surface area contributed by atoms with Gasteiger partial charge in [0, 0.05) is 32.8 Å². The summed E-state index contributed by atoms with van der Waals surface area (Å²) in [5, 5.41) is 9.37. The topological polar surface area (TPSA) is 38.9 Å². The van der Waals surface area contributed by atoms with Crippen molar-refractivity contribution in [2.75, 3.05) is 0 Å². The summed E-state index contributed by atoms with van der Waals surface area (Å²) < 4.78 is 6.28. The highest BCUT2D eigenvalue weighted by Gasteiger charge is 2.21. The van der Waals surface area contributed by atoms with E-state index in [-0.39, 0.29) is 0 Å². The Balaban J connectivity index is 1.18. The summed E-state index contributed by atoms with van der Waals surface area (Å²) in [7, 11) is 0. The maximum Gasteiger partial charge on any atom is 0.160 e. The van der Waals surface area contributed by atoms with Gasteiger partial charge in [-0.15, -0.1) is 0 Å². The molecule has 0 aliphatic carbocycles. The van der Waals surface area contributed by atoms with Crippen LogP contribution in [0.1, 0.15) is 0 Å². The van der Waals surface area contributed by atoms with Crippen LogP contribution in [-0.4, -0.2) is 9.97 Å². The van der Waals surface area contributed by atoms with Crippen LogP contribution in [0.15, 0.2) is 199 Å². The summed E-state index contributed by atoms with van der Waals surface area (Å²) in [6.07, 6.45) is 0. The molecule has 256 valence electrons. The van der Waals surface area contributed by atoms with Crippen molar-refractivity contribution in [1.29, 1.82) is 0 Å². The van der Waals surface area contributed by atoms with Gasteiger partial charge >= 0.3 is 0 Å². The van der Waals surface area contributed by atoms with Gasteiger partial charge in [-0.3, -0.25) is 0 Å². The lowest BCUT2D eigenvalue weighted by molar-refractivity contribution is 0.669. The molecule has 0 radical (unpaired) electrons. The Morgan fingerprint density at radius 3 is 1.71 bits per heavy atom. The van der Waals surface area contributed by atoms with Crippen LogP contribution in [0.2, 0.25) is 0 Å². The van der Waals surface area contributed by atoms with E-state index in [9.17, 15) is 0 Å². The van der Waals surface area contributed by atoms with Gasteiger partial charge in [0.05, 0.1) is 11.4 Å². The molecule has 11 aromatic rings. The molecule has 0 N–H and O–H groups in total. The molecular weight excluding hydrogens is 669 g/mol. The molecular formula is C52H32N2O. The van der Waals surface area contributed by atoms with Gasteiger partial charge in [0.1, 0.15) is 11.2 Å². The first-order valence-corrected chi connectivity index (χ1v) is 18.7. The molecule has 55 heavy (non-hydrogen) atoms. The molecule has 9 aromatic carbocycles. The Labute approximate surface area is 317 Å². The average Bonchev–Trinajstić information content (AvgIpc) is 3.64. The highest BCUT2D eigenvalue weighted by atomic mass is 16.3. The second-order valence-corrected chi connectivity index (χ2v) is 14.1. The number of para-hydroxylation sites is 1. The zero-order valence-electron chi connectivity index (χ0n) is 29.8. The Morgan fingerprint density at radius 2 is 0.891 bits per heavy atom. The smallest absolute Gasteiger partial charge is 0.160 e. The lowest BCUT2D eigenvalue weighted by atomic mass is 9.85. The van der Waals surface area contributed by atoms with Crippen molar-refractivity contribution in [2.24, 2.45) is 0 Å². The van der Waals surface area contributed by atoms with Crippen LogP contribution >= 0.6 is 0 Å². The molecule has 3 heteroatoms. The summed E-state index contributed by atoms with van der Waals surface area (Å²) in [6, 6.07) is 68.6. The van der Waals surface area contributed by atoms with Crippen LogP contribution in [0.25, 0.3) is 110 Å². The molecule has 0 amide bonds. The first-order valence-electron chi connectivity index (χ1n) is 18.7. The van der Waals surface area contributed by atoms with Gasteiger partial charge < -0.3 is 4.42 Å². The number of hydrogen-bond acceptors (Lipinski definition) is 3. The minimum Gasteiger partial charge on any atom is -0.456 e. The highest BCUT2D eigenvalue weighted by Crippen LogP contribution is 2.46. The minimum absolute atomic E-state index is 0.687. The lowest BCUT2D eigenvalue weighted by Crippen LogP contribution is -1.98. The van der Waals surface area contributed by atoms with E-state index >= 15 is 0 Å². The molecule has 0 unspecified atom stereocenters. The number of hydrogen-bond donors (Lipinski definition) is 0. The van der Waals surface area contributed by atoms with E-state index in [4.69, 9.17) is 14.4 Å². The summed E-state index contributed by atoms with van der Waals surface area (Å²) in [5.41, 5.74) is 11.2. The molecule has 11 rings (SSSR count). The minimum atomic E-state index is 0.687. The van der Waals surface area contributed by atoms with Crippen LogP contribution in [0.5, 0.6) is 0 Å². The number of furan rings is 1. The zero-order chi connectivity index (χ0) is 36.3. The van der Waals surface area contributed by atoms with Crippen LogP contribution in [-0.2, 0) is 0 Å². The highest BCUT2D eigenvalue weighted by molar-refractivity contribution is 6.27. The van der Waals surface area contributed by atoms with Gasteiger partial charge in [0.25, 0.3) is 0 Å².